The molecule has 0 amide bonds. The molecule has 1 N–H and O–H groups in total. The van der Waals surface area contributed by atoms with Gasteiger partial charge < -0.3 is 19.0 Å². The van der Waals surface area contributed by atoms with E-state index in [4.69, 9.17) is 13.9 Å². The molecule has 122 valence electrons. The lowest BCUT2D eigenvalue weighted by Crippen LogP contribution is -2.27. The van der Waals surface area contributed by atoms with Crippen LogP contribution in [-0.2, 0) is 0 Å². The van der Waals surface area contributed by atoms with E-state index >= 15 is 0 Å². The van der Waals surface area contributed by atoms with Crippen molar-refractivity contribution in [2.45, 2.75) is 19.4 Å². The van der Waals surface area contributed by atoms with Gasteiger partial charge in [-0.2, -0.15) is 0 Å². The molecular weight excluding hydrogens is 308 g/mol. The third-order valence-electron chi connectivity index (χ3n) is 4.17. The van der Waals surface area contributed by atoms with Crippen LogP contribution in [0.5, 0.6) is 17.2 Å². The zero-order valence-electron chi connectivity index (χ0n) is 13.5. The van der Waals surface area contributed by atoms with Gasteiger partial charge in [0.1, 0.15) is 39.4 Å². The number of phenols is 1. The largest absolute Gasteiger partial charge is 0.506 e. The smallest absolute Gasteiger partial charge is 0.204 e. The summed E-state index contributed by atoms with van der Waals surface area (Å²) in [5.74, 6) is 0.950. The Labute approximate surface area is 137 Å². The van der Waals surface area contributed by atoms with E-state index < -0.39 is 5.60 Å². The van der Waals surface area contributed by atoms with E-state index in [1.807, 2.05) is 19.9 Å². The van der Waals surface area contributed by atoms with E-state index in [2.05, 4.69) is 0 Å². The lowest BCUT2D eigenvalue weighted by molar-refractivity contribution is 0.158. The first-order chi connectivity index (χ1) is 11.4. The standard InChI is InChI=1S/C19H16O5/c1-19(2)7-6-12-14(24-19)9-15-16(18(12)21)17(20)11-5-4-10(22-3)8-13(11)23-15/h4-9,21H,1-3H3. The first kappa shape index (κ1) is 14.6. The molecular formula is C19H16O5. The molecule has 0 fully saturated rings. The fourth-order valence-corrected chi connectivity index (χ4v) is 2.94. The van der Waals surface area contributed by atoms with Crippen LogP contribution in [0.2, 0.25) is 0 Å². The first-order valence-electron chi connectivity index (χ1n) is 7.58. The molecule has 0 radical (unpaired) electrons. The van der Waals surface area contributed by atoms with Crippen LogP contribution in [0, 0.1) is 0 Å². The van der Waals surface area contributed by atoms with Crippen LogP contribution in [0.3, 0.4) is 0 Å². The van der Waals surface area contributed by atoms with Crippen LogP contribution < -0.4 is 14.9 Å². The Morgan fingerprint density at radius 3 is 2.71 bits per heavy atom. The molecule has 24 heavy (non-hydrogen) atoms. The molecule has 0 aliphatic carbocycles. The Bertz CT molecular complexity index is 1070. The van der Waals surface area contributed by atoms with Crippen molar-refractivity contribution in [3.63, 3.8) is 0 Å². The minimum Gasteiger partial charge on any atom is -0.506 e. The highest BCUT2D eigenvalue weighted by molar-refractivity contribution is 5.97. The number of aromatic hydroxyl groups is 1. The van der Waals surface area contributed by atoms with Crippen LogP contribution in [-0.4, -0.2) is 17.8 Å². The molecule has 0 spiro atoms. The Morgan fingerprint density at radius 1 is 1.17 bits per heavy atom. The normalized spacial score (nSPS) is 15.3. The van der Waals surface area contributed by atoms with Gasteiger partial charge in [-0.15, -0.1) is 0 Å². The number of benzene rings is 2. The Morgan fingerprint density at radius 2 is 1.96 bits per heavy atom. The molecule has 2 heterocycles. The van der Waals surface area contributed by atoms with Crippen molar-refractivity contribution in [3.05, 3.63) is 46.1 Å². The first-order valence-corrected chi connectivity index (χ1v) is 7.58. The summed E-state index contributed by atoms with van der Waals surface area (Å²) in [5.41, 5.74) is 0.391. The van der Waals surface area contributed by atoms with Gasteiger partial charge in [-0.3, -0.25) is 4.79 Å². The molecule has 3 aromatic rings. The quantitative estimate of drug-likeness (QED) is 0.689. The molecule has 0 saturated heterocycles. The molecule has 0 unspecified atom stereocenters. The zero-order chi connectivity index (χ0) is 17.1. The highest BCUT2D eigenvalue weighted by Crippen LogP contribution is 2.41. The summed E-state index contributed by atoms with van der Waals surface area (Å²) < 4.78 is 16.9. The number of ether oxygens (including phenoxy) is 2. The maximum atomic E-state index is 12.8. The molecule has 0 saturated carbocycles. The fraction of sp³-hybridized carbons (Fsp3) is 0.211. The molecule has 5 heteroatoms. The average molecular weight is 324 g/mol. The maximum Gasteiger partial charge on any atom is 0.204 e. The predicted molar refractivity (Wildman–Crippen MR) is 91.9 cm³/mol. The SMILES string of the molecule is COc1ccc2c(=O)c3c(O)c4c(cc3oc2c1)OC(C)(C)C=C4. The summed E-state index contributed by atoms with van der Waals surface area (Å²) in [6, 6.07) is 6.62. The van der Waals surface area contributed by atoms with Gasteiger partial charge in [-0.1, -0.05) is 0 Å². The Kier molecular flexibility index (Phi) is 2.91. The molecule has 1 aliphatic rings. The van der Waals surface area contributed by atoms with Crippen molar-refractivity contribution in [1.29, 1.82) is 0 Å². The van der Waals surface area contributed by atoms with Crippen LogP contribution >= 0.6 is 0 Å². The number of hydrogen-bond donors (Lipinski definition) is 1. The third-order valence-corrected chi connectivity index (χ3v) is 4.17. The van der Waals surface area contributed by atoms with Crippen molar-refractivity contribution in [3.8, 4) is 17.2 Å². The van der Waals surface area contributed by atoms with Crippen molar-refractivity contribution in [1.82, 2.24) is 0 Å². The van der Waals surface area contributed by atoms with E-state index in [1.165, 1.54) is 0 Å². The Balaban J connectivity index is 2.10. The average Bonchev–Trinajstić information content (AvgIpc) is 2.53. The number of hydrogen-bond acceptors (Lipinski definition) is 5. The van der Waals surface area contributed by atoms with Crippen LogP contribution in [0.15, 0.2) is 39.6 Å². The highest BCUT2D eigenvalue weighted by atomic mass is 16.5. The second-order valence-electron chi connectivity index (χ2n) is 6.34. The highest BCUT2D eigenvalue weighted by Gasteiger charge is 2.26. The topological polar surface area (TPSA) is 68.9 Å². The van der Waals surface area contributed by atoms with Gasteiger partial charge in [0.05, 0.1) is 18.1 Å². The van der Waals surface area contributed by atoms with Gasteiger partial charge in [0.2, 0.25) is 5.43 Å². The van der Waals surface area contributed by atoms with Gasteiger partial charge in [-0.05, 0) is 38.1 Å². The second kappa shape index (κ2) is 4.77. The molecule has 0 atom stereocenters. The number of rotatable bonds is 1. The van der Waals surface area contributed by atoms with Gasteiger partial charge in [0.15, 0.2) is 0 Å². The number of methoxy groups -OCH3 is 1. The summed E-state index contributed by atoms with van der Waals surface area (Å²) in [7, 11) is 1.55. The summed E-state index contributed by atoms with van der Waals surface area (Å²) in [6.07, 6.45) is 3.61. The van der Waals surface area contributed by atoms with E-state index in [9.17, 15) is 9.90 Å². The summed E-state index contributed by atoms with van der Waals surface area (Å²) in [4.78, 5) is 12.8. The summed E-state index contributed by atoms with van der Waals surface area (Å²) >= 11 is 0. The van der Waals surface area contributed by atoms with Gasteiger partial charge in [0.25, 0.3) is 0 Å². The minimum absolute atomic E-state index is 0.124. The monoisotopic (exact) mass is 324 g/mol. The van der Waals surface area contributed by atoms with E-state index in [1.54, 1.807) is 37.5 Å². The number of phenolic OH excluding ortho intramolecular Hbond substituents is 1. The Hall–Kier alpha value is -2.95. The molecule has 2 aromatic carbocycles. The predicted octanol–water partition coefficient (Wildman–Crippen LogP) is 3.84. The maximum absolute atomic E-state index is 12.8. The van der Waals surface area contributed by atoms with Gasteiger partial charge in [0, 0.05) is 12.1 Å². The van der Waals surface area contributed by atoms with Crippen LogP contribution in [0.4, 0.5) is 0 Å². The van der Waals surface area contributed by atoms with Crippen molar-refractivity contribution < 1.29 is 19.0 Å². The third kappa shape index (κ3) is 2.05. The van der Waals surface area contributed by atoms with Gasteiger partial charge >= 0.3 is 0 Å². The number of fused-ring (bicyclic) bond motifs is 3. The summed E-state index contributed by atoms with van der Waals surface area (Å²) in [5, 5.41) is 11.1. The van der Waals surface area contributed by atoms with Gasteiger partial charge in [-0.25, -0.2) is 0 Å². The van der Waals surface area contributed by atoms with Crippen molar-refractivity contribution >= 4 is 28.0 Å². The molecule has 1 aliphatic heterocycles. The second-order valence-corrected chi connectivity index (χ2v) is 6.34. The van der Waals surface area contributed by atoms with E-state index in [0.717, 1.165) is 0 Å². The zero-order valence-corrected chi connectivity index (χ0v) is 13.5. The van der Waals surface area contributed by atoms with Crippen LogP contribution in [0.1, 0.15) is 19.4 Å². The molecule has 4 rings (SSSR count). The summed E-state index contributed by atoms with van der Waals surface area (Å²) in [6.45, 7) is 3.82. The lowest BCUT2D eigenvalue weighted by Gasteiger charge is -2.28. The lowest BCUT2D eigenvalue weighted by atomic mass is 9.99. The van der Waals surface area contributed by atoms with Crippen LogP contribution in [0.25, 0.3) is 28.0 Å². The van der Waals surface area contributed by atoms with E-state index in [0.29, 0.717) is 28.0 Å². The fourth-order valence-electron chi connectivity index (χ4n) is 2.94. The van der Waals surface area contributed by atoms with Crippen molar-refractivity contribution in [2.24, 2.45) is 0 Å². The minimum atomic E-state index is -0.493. The van der Waals surface area contributed by atoms with E-state index in [-0.39, 0.29) is 22.1 Å². The molecule has 0 bridgehead atoms. The molecule has 1 aromatic heterocycles. The van der Waals surface area contributed by atoms with Crippen molar-refractivity contribution in [2.75, 3.05) is 7.11 Å². The molecule has 5 nitrogen and oxygen atoms in total.